The van der Waals surface area contributed by atoms with Gasteiger partial charge in [0.15, 0.2) is 0 Å². The number of carbonyl (C=O) groups is 1. The van der Waals surface area contributed by atoms with E-state index in [1.54, 1.807) is 24.3 Å². The van der Waals surface area contributed by atoms with Crippen LogP contribution in [0.1, 0.15) is 46.4 Å². The lowest BCUT2D eigenvalue weighted by molar-refractivity contribution is 0.0935. The monoisotopic (exact) mass is 422 g/mol. The number of rotatable bonds is 7. The molecule has 0 bridgehead atoms. The summed E-state index contributed by atoms with van der Waals surface area (Å²) in [4.78, 5) is 12.9. The predicted octanol–water partition coefficient (Wildman–Crippen LogP) is 4.99. The number of benzene rings is 3. The molecule has 5 nitrogen and oxygen atoms in total. The SMILES string of the molecule is CCC(NC(=O)c1cccc(S(=O)(=O)Nc2ccccc2C)c1)c1ccccc1C. The zero-order chi connectivity index (χ0) is 21.7. The van der Waals surface area contributed by atoms with Crippen LogP contribution in [0.2, 0.25) is 0 Å². The van der Waals surface area contributed by atoms with E-state index in [4.69, 9.17) is 0 Å². The second kappa shape index (κ2) is 9.13. The number of aryl methyl sites for hydroxylation is 2. The Morgan fingerprint density at radius 1 is 0.900 bits per heavy atom. The molecule has 2 N–H and O–H groups in total. The van der Waals surface area contributed by atoms with Gasteiger partial charge in [-0.3, -0.25) is 9.52 Å². The van der Waals surface area contributed by atoms with Crippen LogP contribution >= 0.6 is 0 Å². The molecule has 0 aliphatic heterocycles. The van der Waals surface area contributed by atoms with Crippen molar-refractivity contribution in [2.75, 3.05) is 4.72 Å². The van der Waals surface area contributed by atoms with Crippen molar-refractivity contribution < 1.29 is 13.2 Å². The van der Waals surface area contributed by atoms with Gasteiger partial charge in [-0.05, 0) is 61.2 Å². The molecule has 30 heavy (non-hydrogen) atoms. The van der Waals surface area contributed by atoms with Crippen molar-refractivity contribution in [3.05, 3.63) is 95.1 Å². The first-order valence-corrected chi connectivity index (χ1v) is 11.3. The van der Waals surface area contributed by atoms with Gasteiger partial charge in [-0.25, -0.2) is 8.42 Å². The first-order valence-electron chi connectivity index (χ1n) is 9.86. The molecule has 156 valence electrons. The van der Waals surface area contributed by atoms with Crippen molar-refractivity contribution in [2.45, 2.75) is 38.1 Å². The highest BCUT2D eigenvalue weighted by Gasteiger charge is 2.19. The molecule has 1 amide bonds. The van der Waals surface area contributed by atoms with Gasteiger partial charge in [0.05, 0.1) is 16.6 Å². The van der Waals surface area contributed by atoms with Gasteiger partial charge in [0.1, 0.15) is 0 Å². The van der Waals surface area contributed by atoms with Gasteiger partial charge >= 0.3 is 0 Å². The number of amides is 1. The van der Waals surface area contributed by atoms with Gasteiger partial charge in [-0.1, -0.05) is 55.5 Å². The highest BCUT2D eigenvalue weighted by atomic mass is 32.2. The number of carbonyl (C=O) groups excluding carboxylic acids is 1. The molecule has 3 aromatic rings. The first-order chi connectivity index (χ1) is 14.3. The summed E-state index contributed by atoms with van der Waals surface area (Å²) in [5.41, 5.74) is 3.79. The van der Waals surface area contributed by atoms with Gasteiger partial charge in [0, 0.05) is 5.56 Å². The van der Waals surface area contributed by atoms with Gasteiger partial charge in [-0.2, -0.15) is 0 Å². The van der Waals surface area contributed by atoms with E-state index < -0.39 is 10.0 Å². The fourth-order valence-electron chi connectivity index (χ4n) is 3.31. The van der Waals surface area contributed by atoms with Crippen molar-refractivity contribution in [3.8, 4) is 0 Å². The quantitative estimate of drug-likeness (QED) is 0.563. The molecule has 0 saturated heterocycles. The summed E-state index contributed by atoms with van der Waals surface area (Å²) in [6, 6.07) is 21.0. The van der Waals surface area contributed by atoms with Crippen molar-refractivity contribution in [1.29, 1.82) is 0 Å². The summed E-state index contributed by atoms with van der Waals surface area (Å²) >= 11 is 0. The largest absolute Gasteiger partial charge is 0.345 e. The number of sulfonamides is 1. The van der Waals surface area contributed by atoms with Crippen molar-refractivity contribution >= 4 is 21.6 Å². The summed E-state index contributed by atoms with van der Waals surface area (Å²) in [5.74, 6) is -0.307. The maximum Gasteiger partial charge on any atom is 0.261 e. The Morgan fingerprint density at radius 2 is 1.57 bits per heavy atom. The maximum atomic E-state index is 12.9. The van der Waals surface area contributed by atoms with E-state index in [0.717, 1.165) is 23.1 Å². The summed E-state index contributed by atoms with van der Waals surface area (Å²) in [6.07, 6.45) is 0.726. The van der Waals surface area contributed by atoms with E-state index in [9.17, 15) is 13.2 Å². The molecule has 0 aromatic heterocycles. The summed E-state index contributed by atoms with van der Waals surface area (Å²) in [5, 5.41) is 3.02. The Kier molecular flexibility index (Phi) is 6.57. The third-order valence-electron chi connectivity index (χ3n) is 5.07. The smallest absolute Gasteiger partial charge is 0.261 e. The topological polar surface area (TPSA) is 75.3 Å². The van der Waals surface area contributed by atoms with Crippen LogP contribution in [-0.2, 0) is 10.0 Å². The molecular formula is C24H26N2O3S. The Labute approximate surface area is 178 Å². The lowest BCUT2D eigenvalue weighted by Gasteiger charge is -2.20. The first kappa shape index (κ1) is 21.6. The fraction of sp³-hybridized carbons (Fsp3) is 0.208. The lowest BCUT2D eigenvalue weighted by Crippen LogP contribution is -2.28. The minimum atomic E-state index is -3.81. The average Bonchev–Trinajstić information content (AvgIpc) is 2.74. The van der Waals surface area contributed by atoms with Crippen molar-refractivity contribution in [2.24, 2.45) is 0 Å². The molecule has 1 atom stereocenters. The number of hydrogen-bond donors (Lipinski definition) is 2. The van der Waals surface area contributed by atoms with Crippen molar-refractivity contribution in [3.63, 3.8) is 0 Å². The number of anilines is 1. The third-order valence-corrected chi connectivity index (χ3v) is 6.44. The van der Waals surface area contributed by atoms with Crippen molar-refractivity contribution in [1.82, 2.24) is 5.32 Å². The number of nitrogens with one attached hydrogen (secondary N) is 2. The van der Waals surface area contributed by atoms with Crippen LogP contribution < -0.4 is 10.0 Å². The standard InChI is InChI=1S/C24H26N2O3S/c1-4-22(21-14-7-5-10-17(21)2)25-24(27)19-12-9-13-20(16-19)30(28,29)26-23-15-8-6-11-18(23)3/h5-16,22,26H,4H2,1-3H3,(H,25,27). The van der Waals surface area contributed by atoms with Crippen LogP contribution in [0.25, 0.3) is 0 Å². The molecule has 1 unspecified atom stereocenters. The highest BCUT2D eigenvalue weighted by molar-refractivity contribution is 7.92. The zero-order valence-corrected chi connectivity index (χ0v) is 18.2. The molecule has 0 aliphatic carbocycles. The van der Waals surface area contributed by atoms with E-state index >= 15 is 0 Å². The average molecular weight is 423 g/mol. The highest BCUT2D eigenvalue weighted by Crippen LogP contribution is 2.23. The summed E-state index contributed by atoms with van der Waals surface area (Å²) in [6.45, 7) is 5.84. The normalized spacial score (nSPS) is 12.2. The molecule has 0 fully saturated rings. The summed E-state index contributed by atoms with van der Waals surface area (Å²) in [7, 11) is -3.81. The third kappa shape index (κ3) is 4.89. The lowest BCUT2D eigenvalue weighted by atomic mass is 9.99. The molecule has 0 radical (unpaired) electrons. The van der Waals surface area contributed by atoms with Crippen LogP contribution in [0.3, 0.4) is 0 Å². The van der Waals surface area contributed by atoms with E-state index in [-0.39, 0.29) is 16.8 Å². The van der Waals surface area contributed by atoms with Gasteiger partial charge in [0.2, 0.25) is 0 Å². The van der Waals surface area contributed by atoms with Crippen LogP contribution in [0, 0.1) is 13.8 Å². The number of para-hydroxylation sites is 1. The van der Waals surface area contributed by atoms with E-state index in [1.807, 2.05) is 57.2 Å². The molecule has 6 heteroatoms. The summed E-state index contributed by atoms with van der Waals surface area (Å²) < 4.78 is 28.3. The van der Waals surface area contributed by atoms with E-state index in [0.29, 0.717) is 11.3 Å². The van der Waals surface area contributed by atoms with Crippen LogP contribution in [0.4, 0.5) is 5.69 Å². The van der Waals surface area contributed by atoms with E-state index in [1.165, 1.54) is 12.1 Å². The maximum absolute atomic E-state index is 12.9. The second-order valence-corrected chi connectivity index (χ2v) is 8.92. The molecular weight excluding hydrogens is 396 g/mol. The number of hydrogen-bond acceptors (Lipinski definition) is 3. The predicted molar refractivity (Wildman–Crippen MR) is 120 cm³/mol. The molecule has 0 heterocycles. The minimum Gasteiger partial charge on any atom is -0.345 e. The van der Waals surface area contributed by atoms with Crippen LogP contribution in [0.15, 0.2) is 77.7 Å². The van der Waals surface area contributed by atoms with Gasteiger partial charge < -0.3 is 5.32 Å². The Morgan fingerprint density at radius 3 is 2.23 bits per heavy atom. The van der Waals surface area contributed by atoms with Crippen LogP contribution in [-0.4, -0.2) is 14.3 Å². The molecule has 3 rings (SSSR count). The second-order valence-electron chi connectivity index (χ2n) is 7.24. The Hall–Kier alpha value is -3.12. The van der Waals surface area contributed by atoms with Crippen LogP contribution in [0.5, 0.6) is 0 Å². The Bertz CT molecular complexity index is 1160. The molecule has 0 spiro atoms. The molecule has 0 aliphatic rings. The van der Waals surface area contributed by atoms with Gasteiger partial charge in [-0.15, -0.1) is 0 Å². The molecule has 0 saturated carbocycles. The Balaban J connectivity index is 1.83. The van der Waals surface area contributed by atoms with E-state index in [2.05, 4.69) is 10.0 Å². The van der Waals surface area contributed by atoms with Gasteiger partial charge in [0.25, 0.3) is 15.9 Å². The molecule has 3 aromatic carbocycles. The minimum absolute atomic E-state index is 0.0438. The fourth-order valence-corrected chi connectivity index (χ4v) is 4.49. The zero-order valence-electron chi connectivity index (χ0n) is 17.3.